The maximum Gasteiger partial charge on any atom is 0.183 e. The first-order chi connectivity index (χ1) is 15.1. The van der Waals surface area contributed by atoms with Crippen molar-refractivity contribution in [2.24, 2.45) is 0 Å². The standard InChI is InChI=1S/C23H23FN4O2S/c1-15-22(19-10-11-28(27-19)14-16-6-4-7-17(24)12-16)31-23(26-15)25-13-18-20(29-2)8-5-9-21(18)30-3/h4-12H,13-14H2,1-3H3,(H,25,26). The molecule has 31 heavy (non-hydrogen) atoms. The lowest BCUT2D eigenvalue weighted by molar-refractivity contribution is 0.386. The zero-order valence-electron chi connectivity index (χ0n) is 17.6. The van der Waals surface area contributed by atoms with Gasteiger partial charge >= 0.3 is 0 Å². The summed E-state index contributed by atoms with van der Waals surface area (Å²) < 4.78 is 26.1. The van der Waals surface area contributed by atoms with E-state index >= 15 is 0 Å². The maximum atomic E-state index is 13.4. The van der Waals surface area contributed by atoms with Crippen LogP contribution in [0.25, 0.3) is 10.6 Å². The van der Waals surface area contributed by atoms with Crippen LogP contribution in [0.5, 0.6) is 11.5 Å². The van der Waals surface area contributed by atoms with E-state index in [1.807, 2.05) is 43.5 Å². The number of aromatic nitrogens is 3. The molecule has 2 aromatic heterocycles. The number of nitrogens with one attached hydrogen (secondary N) is 1. The molecule has 0 aliphatic rings. The number of hydrogen-bond acceptors (Lipinski definition) is 6. The molecule has 2 heterocycles. The summed E-state index contributed by atoms with van der Waals surface area (Å²) in [5, 5.41) is 8.81. The third-order valence-corrected chi connectivity index (χ3v) is 5.99. The zero-order chi connectivity index (χ0) is 21.8. The van der Waals surface area contributed by atoms with Gasteiger partial charge in [-0.2, -0.15) is 5.10 Å². The molecule has 0 saturated heterocycles. The van der Waals surface area contributed by atoms with Gasteiger partial charge in [0.1, 0.15) is 23.0 Å². The van der Waals surface area contributed by atoms with Gasteiger partial charge in [-0.25, -0.2) is 9.37 Å². The SMILES string of the molecule is COc1cccc(OC)c1CNc1nc(C)c(-c2ccn(Cc3cccc(F)c3)n2)s1. The molecule has 4 aromatic rings. The number of halogens is 1. The number of aryl methyl sites for hydroxylation is 1. The largest absolute Gasteiger partial charge is 0.496 e. The molecule has 0 fully saturated rings. The van der Waals surface area contributed by atoms with Crippen LogP contribution >= 0.6 is 11.3 Å². The summed E-state index contributed by atoms with van der Waals surface area (Å²) >= 11 is 1.54. The second-order valence-corrected chi connectivity index (χ2v) is 7.96. The third-order valence-electron chi connectivity index (χ3n) is 4.85. The van der Waals surface area contributed by atoms with Gasteiger partial charge in [0.15, 0.2) is 5.13 Å². The van der Waals surface area contributed by atoms with Gasteiger partial charge in [-0.15, -0.1) is 0 Å². The van der Waals surface area contributed by atoms with Crippen LogP contribution in [0, 0.1) is 12.7 Å². The summed E-state index contributed by atoms with van der Waals surface area (Å²) in [5.74, 6) is 1.28. The minimum atomic E-state index is -0.245. The van der Waals surface area contributed by atoms with Gasteiger partial charge in [0.25, 0.3) is 0 Å². The molecule has 0 aliphatic heterocycles. The summed E-state index contributed by atoms with van der Waals surface area (Å²) in [4.78, 5) is 5.64. The monoisotopic (exact) mass is 438 g/mol. The molecule has 0 unspecified atom stereocenters. The zero-order valence-corrected chi connectivity index (χ0v) is 18.4. The van der Waals surface area contributed by atoms with Crippen LogP contribution in [0.2, 0.25) is 0 Å². The van der Waals surface area contributed by atoms with Gasteiger partial charge in [0.2, 0.25) is 0 Å². The van der Waals surface area contributed by atoms with Crippen LogP contribution in [-0.2, 0) is 13.1 Å². The Balaban J connectivity index is 1.49. The summed E-state index contributed by atoms with van der Waals surface area (Å²) in [6, 6.07) is 14.2. The van der Waals surface area contributed by atoms with Crippen LogP contribution in [0.15, 0.2) is 54.7 Å². The fourth-order valence-corrected chi connectivity index (χ4v) is 4.30. The Morgan fingerprint density at radius 3 is 2.52 bits per heavy atom. The highest BCUT2D eigenvalue weighted by Gasteiger charge is 2.15. The molecule has 0 spiro atoms. The molecule has 4 rings (SSSR count). The van der Waals surface area contributed by atoms with E-state index in [1.165, 1.54) is 12.1 Å². The van der Waals surface area contributed by atoms with E-state index in [-0.39, 0.29) is 5.82 Å². The molecule has 1 N–H and O–H groups in total. The first-order valence-electron chi connectivity index (χ1n) is 9.77. The highest BCUT2D eigenvalue weighted by Crippen LogP contribution is 2.34. The van der Waals surface area contributed by atoms with Crippen LogP contribution in [0.3, 0.4) is 0 Å². The van der Waals surface area contributed by atoms with E-state index in [9.17, 15) is 4.39 Å². The molecular weight excluding hydrogens is 415 g/mol. The number of nitrogens with zero attached hydrogens (tertiary/aromatic N) is 3. The van der Waals surface area contributed by atoms with Gasteiger partial charge in [-0.1, -0.05) is 29.5 Å². The lowest BCUT2D eigenvalue weighted by Gasteiger charge is -2.13. The van der Waals surface area contributed by atoms with Crippen molar-refractivity contribution in [1.29, 1.82) is 0 Å². The van der Waals surface area contributed by atoms with E-state index in [2.05, 4.69) is 15.4 Å². The molecule has 0 radical (unpaired) electrons. The Labute approximate surface area is 184 Å². The van der Waals surface area contributed by atoms with E-state index in [4.69, 9.17) is 9.47 Å². The highest BCUT2D eigenvalue weighted by atomic mass is 32.1. The van der Waals surface area contributed by atoms with Crippen LogP contribution in [0.4, 0.5) is 9.52 Å². The second kappa shape index (κ2) is 9.18. The van der Waals surface area contributed by atoms with Crippen molar-refractivity contribution in [2.75, 3.05) is 19.5 Å². The van der Waals surface area contributed by atoms with Crippen molar-refractivity contribution in [3.05, 3.63) is 77.4 Å². The number of ether oxygens (including phenoxy) is 2. The first kappa shape index (κ1) is 20.9. The summed E-state index contributed by atoms with van der Waals surface area (Å²) in [5.41, 5.74) is 3.54. The third kappa shape index (κ3) is 4.69. The van der Waals surface area contributed by atoms with Crippen molar-refractivity contribution >= 4 is 16.5 Å². The molecular formula is C23H23FN4O2S. The van der Waals surface area contributed by atoms with Gasteiger partial charge in [-0.05, 0) is 42.8 Å². The number of thiazole rings is 1. The normalized spacial score (nSPS) is 10.8. The van der Waals surface area contributed by atoms with Gasteiger partial charge in [-0.3, -0.25) is 4.68 Å². The summed E-state index contributed by atoms with van der Waals surface area (Å²) in [7, 11) is 3.29. The number of hydrogen-bond donors (Lipinski definition) is 1. The van der Waals surface area contributed by atoms with Crippen molar-refractivity contribution in [3.63, 3.8) is 0 Å². The number of methoxy groups -OCH3 is 2. The Hall–Kier alpha value is -3.39. The van der Waals surface area contributed by atoms with Crippen LogP contribution < -0.4 is 14.8 Å². The summed E-state index contributed by atoms with van der Waals surface area (Å²) in [6.45, 7) is 2.99. The van der Waals surface area contributed by atoms with Crippen molar-refractivity contribution in [2.45, 2.75) is 20.0 Å². The Bertz CT molecular complexity index is 1170. The van der Waals surface area contributed by atoms with Crippen molar-refractivity contribution in [3.8, 4) is 22.1 Å². The molecule has 8 heteroatoms. The Morgan fingerprint density at radius 1 is 1.06 bits per heavy atom. The quantitative estimate of drug-likeness (QED) is 0.413. The molecule has 0 atom stereocenters. The van der Waals surface area contributed by atoms with Crippen LogP contribution in [-0.4, -0.2) is 29.0 Å². The van der Waals surface area contributed by atoms with Crippen molar-refractivity contribution in [1.82, 2.24) is 14.8 Å². The van der Waals surface area contributed by atoms with Crippen molar-refractivity contribution < 1.29 is 13.9 Å². The first-order valence-corrected chi connectivity index (χ1v) is 10.6. The van der Waals surface area contributed by atoms with E-state index < -0.39 is 0 Å². The minimum absolute atomic E-state index is 0.245. The topological polar surface area (TPSA) is 61.2 Å². The lowest BCUT2D eigenvalue weighted by Crippen LogP contribution is -2.03. The maximum absolute atomic E-state index is 13.4. The smallest absolute Gasteiger partial charge is 0.183 e. The van der Waals surface area contributed by atoms with Crippen LogP contribution in [0.1, 0.15) is 16.8 Å². The predicted octanol–water partition coefficient (Wildman–Crippen LogP) is 5.13. The van der Waals surface area contributed by atoms with Gasteiger partial charge < -0.3 is 14.8 Å². The fraction of sp³-hybridized carbons (Fsp3) is 0.217. The molecule has 0 amide bonds. The molecule has 0 aliphatic carbocycles. The fourth-order valence-electron chi connectivity index (χ4n) is 3.37. The average molecular weight is 439 g/mol. The Kier molecular flexibility index (Phi) is 6.18. The minimum Gasteiger partial charge on any atom is -0.496 e. The number of benzene rings is 2. The molecule has 0 saturated carbocycles. The molecule has 160 valence electrons. The van der Waals surface area contributed by atoms with Gasteiger partial charge in [0, 0.05) is 12.7 Å². The Morgan fingerprint density at radius 2 is 1.81 bits per heavy atom. The predicted molar refractivity (Wildman–Crippen MR) is 120 cm³/mol. The average Bonchev–Trinajstić information content (AvgIpc) is 3.38. The van der Waals surface area contributed by atoms with E-state index in [0.717, 1.165) is 44.0 Å². The van der Waals surface area contributed by atoms with E-state index in [1.54, 1.807) is 36.3 Å². The summed E-state index contributed by atoms with van der Waals surface area (Å²) in [6.07, 6.45) is 1.90. The number of rotatable bonds is 8. The van der Waals surface area contributed by atoms with Gasteiger partial charge in [0.05, 0.1) is 36.9 Å². The molecule has 2 aromatic carbocycles. The second-order valence-electron chi connectivity index (χ2n) is 6.96. The molecule has 6 nitrogen and oxygen atoms in total. The number of anilines is 1. The lowest BCUT2D eigenvalue weighted by atomic mass is 10.1. The molecule has 0 bridgehead atoms. The highest BCUT2D eigenvalue weighted by molar-refractivity contribution is 7.19. The van der Waals surface area contributed by atoms with E-state index in [0.29, 0.717) is 13.1 Å².